The molecule has 0 atom stereocenters. The molecule has 3 heterocycles. The number of anilines is 2. The first-order valence-electron chi connectivity index (χ1n) is 9.12. The maximum Gasteiger partial charge on any atom is 0.227 e. The zero-order chi connectivity index (χ0) is 20.5. The second-order valence-corrected chi connectivity index (χ2v) is 6.70. The fourth-order valence-corrected chi connectivity index (χ4v) is 3.38. The molecular formula is C21H21N5O3. The number of hydrogen-bond acceptors (Lipinski definition) is 8. The van der Waals surface area contributed by atoms with Crippen molar-refractivity contribution in [2.75, 3.05) is 12.4 Å². The zero-order valence-corrected chi connectivity index (χ0v) is 16.9. The van der Waals surface area contributed by atoms with Gasteiger partial charge in [0.15, 0.2) is 0 Å². The second kappa shape index (κ2) is 7.38. The number of nitrogens with one attached hydrogen (secondary N) is 1. The van der Waals surface area contributed by atoms with E-state index in [-0.39, 0.29) is 0 Å². The lowest BCUT2D eigenvalue weighted by Crippen LogP contribution is -1.99. The maximum atomic E-state index is 5.60. The summed E-state index contributed by atoms with van der Waals surface area (Å²) in [6.45, 7) is 7.54. The van der Waals surface area contributed by atoms with Crippen molar-refractivity contribution in [1.82, 2.24) is 20.3 Å². The van der Waals surface area contributed by atoms with Crippen molar-refractivity contribution >= 4 is 11.6 Å². The fraction of sp³-hybridized carbons (Fsp3) is 0.238. The molecule has 0 saturated heterocycles. The van der Waals surface area contributed by atoms with Gasteiger partial charge in [-0.05, 0) is 45.9 Å². The number of nitrogens with zero attached hydrogens (tertiary/aromatic N) is 4. The van der Waals surface area contributed by atoms with Gasteiger partial charge in [0.05, 0.1) is 35.3 Å². The number of ether oxygens (including phenoxy) is 1. The molecule has 0 radical (unpaired) electrons. The van der Waals surface area contributed by atoms with Gasteiger partial charge in [-0.15, -0.1) is 0 Å². The fourth-order valence-electron chi connectivity index (χ4n) is 3.38. The van der Waals surface area contributed by atoms with Crippen LogP contribution in [0.3, 0.4) is 0 Å². The molecule has 0 spiro atoms. The van der Waals surface area contributed by atoms with Crippen LogP contribution in [0.25, 0.3) is 22.4 Å². The quantitative estimate of drug-likeness (QED) is 0.519. The molecule has 0 aliphatic rings. The Kier molecular flexibility index (Phi) is 4.75. The summed E-state index contributed by atoms with van der Waals surface area (Å²) in [5.41, 5.74) is 5.88. The molecule has 0 saturated carbocycles. The van der Waals surface area contributed by atoms with Gasteiger partial charge in [0.2, 0.25) is 5.95 Å². The average Bonchev–Trinajstić information content (AvgIpc) is 3.22. The minimum Gasteiger partial charge on any atom is -0.496 e. The molecule has 4 rings (SSSR count). The van der Waals surface area contributed by atoms with Crippen molar-refractivity contribution in [2.45, 2.75) is 27.7 Å². The lowest BCUT2D eigenvalue weighted by atomic mass is 10.0. The minimum absolute atomic E-state index is 0.467. The molecule has 0 aliphatic heterocycles. The summed E-state index contributed by atoms with van der Waals surface area (Å²) in [6, 6.07) is 7.63. The van der Waals surface area contributed by atoms with Crippen LogP contribution in [0.2, 0.25) is 0 Å². The number of aromatic nitrogens is 4. The Morgan fingerprint density at radius 2 is 1.59 bits per heavy atom. The van der Waals surface area contributed by atoms with Crippen molar-refractivity contribution in [3.63, 3.8) is 0 Å². The van der Waals surface area contributed by atoms with E-state index < -0.39 is 0 Å². The van der Waals surface area contributed by atoms with Crippen molar-refractivity contribution in [3.05, 3.63) is 53.4 Å². The second-order valence-electron chi connectivity index (χ2n) is 6.70. The largest absolute Gasteiger partial charge is 0.496 e. The van der Waals surface area contributed by atoms with Gasteiger partial charge in [-0.25, -0.2) is 9.97 Å². The van der Waals surface area contributed by atoms with Crippen LogP contribution in [0.4, 0.5) is 11.6 Å². The topological polar surface area (TPSA) is 99.1 Å². The van der Waals surface area contributed by atoms with Crippen molar-refractivity contribution in [2.24, 2.45) is 0 Å². The third-order valence-electron chi connectivity index (χ3n) is 4.71. The van der Waals surface area contributed by atoms with Crippen LogP contribution in [0.1, 0.15) is 22.9 Å². The smallest absolute Gasteiger partial charge is 0.227 e. The molecular weight excluding hydrogens is 370 g/mol. The molecule has 0 unspecified atom stereocenters. The first-order chi connectivity index (χ1) is 14.0. The van der Waals surface area contributed by atoms with Gasteiger partial charge in [-0.2, -0.15) is 0 Å². The van der Waals surface area contributed by atoms with Gasteiger partial charge in [-0.1, -0.05) is 10.3 Å². The van der Waals surface area contributed by atoms with Crippen LogP contribution in [0, 0.1) is 27.7 Å². The predicted molar refractivity (Wildman–Crippen MR) is 108 cm³/mol. The first-order valence-corrected chi connectivity index (χ1v) is 9.12. The van der Waals surface area contributed by atoms with Gasteiger partial charge >= 0.3 is 0 Å². The third kappa shape index (κ3) is 3.44. The number of benzene rings is 1. The van der Waals surface area contributed by atoms with E-state index in [2.05, 4.69) is 25.6 Å². The lowest BCUT2D eigenvalue weighted by Gasteiger charge is -2.12. The lowest BCUT2D eigenvalue weighted by molar-refractivity contribution is 0.393. The zero-order valence-electron chi connectivity index (χ0n) is 16.9. The summed E-state index contributed by atoms with van der Waals surface area (Å²) in [6.07, 6.45) is 1.70. The van der Waals surface area contributed by atoms with Crippen LogP contribution in [-0.2, 0) is 0 Å². The van der Waals surface area contributed by atoms with E-state index in [1.165, 1.54) is 0 Å². The van der Waals surface area contributed by atoms with Crippen LogP contribution < -0.4 is 10.1 Å². The van der Waals surface area contributed by atoms with E-state index >= 15 is 0 Å². The highest BCUT2D eigenvalue weighted by Gasteiger charge is 2.17. The summed E-state index contributed by atoms with van der Waals surface area (Å²) in [7, 11) is 1.63. The summed E-state index contributed by atoms with van der Waals surface area (Å²) < 4.78 is 16.1. The Balaban J connectivity index is 1.66. The molecule has 0 aliphatic carbocycles. The Morgan fingerprint density at radius 3 is 2.21 bits per heavy atom. The molecule has 1 N–H and O–H groups in total. The number of aryl methyl sites for hydroxylation is 4. The highest BCUT2D eigenvalue weighted by atomic mass is 16.5. The van der Waals surface area contributed by atoms with Crippen LogP contribution in [-0.4, -0.2) is 27.4 Å². The van der Waals surface area contributed by atoms with Gasteiger partial charge in [0, 0.05) is 23.5 Å². The molecule has 148 valence electrons. The standard InChI is InChI=1S/C21H21N5O3/c1-11-19(13(3)28-25-11)16-7-6-15(10-18(16)27-5)23-21-22-9-8-17(24-21)20-12(2)26-29-14(20)4/h6-10H,1-5H3,(H,22,23,24). The number of rotatable bonds is 5. The van der Waals surface area contributed by atoms with E-state index in [0.717, 1.165) is 51.0 Å². The Hall–Kier alpha value is -3.68. The van der Waals surface area contributed by atoms with Gasteiger partial charge in [0.1, 0.15) is 17.3 Å². The van der Waals surface area contributed by atoms with Gasteiger partial charge in [-0.3, -0.25) is 0 Å². The predicted octanol–water partition coefficient (Wildman–Crippen LogP) is 4.77. The first kappa shape index (κ1) is 18.7. The van der Waals surface area contributed by atoms with Crippen LogP contribution >= 0.6 is 0 Å². The summed E-state index contributed by atoms with van der Waals surface area (Å²) in [4.78, 5) is 8.92. The van der Waals surface area contributed by atoms with Gasteiger partial charge < -0.3 is 19.1 Å². The Bertz CT molecular complexity index is 1140. The number of hydrogen-bond donors (Lipinski definition) is 1. The molecule has 0 bridgehead atoms. The SMILES string of the molecule is COc1cc(Nc2nccc(-c3c(C)noc3C)n2)ccc1-c1c(C)noc1C. The molecule has 29 heavy (non-hydrogen) atoms. The minimum atomic E-state index is 0.467. The number of methoxy groups -OCH3 is 1. The molecule has 4 aromatic rings. The molecule has 0 amide bonds. The van der Waals surface area contributed by atoms with Crippen LogP contribution in [0.15, 0.2) is 39.5 Å². The van der Waals surface area contributed by atoms with Crippen molar-refractivity contribution in [3.8, 4) is 28.1 Å². The Morgan fingerprint density at radius 1 is 0.897 bits per heavy atom. The third-order valence-corrected chi connectivity index (χ3v) is 4.71. The van der Waals surface area contributed by atoms with Gasteiger partial charge in [0.25, 0.3) is 0 Å². The van der Waals surface area contributed by atoms with Crippen LogP contribution in [0.5, 0.6) is 5.75 Å². The van der Waals surface area contributed by atoms with E-state index in [4.69, 9.17) is 13.8 Å². The molecule has 1 aromatic carbocycles. The molecule has 8 nitrogen and oxygen atoms in total. The summed E-state index contributed by atoms with van der Waals surface area (Å²) in [5, 5.41) is 11.2. The Labute approximate surface area is 167 Å². The van der Waals surface area contributed by atoms with E-state index in [1.807, 2.05) is 52.0 Å². The highest BCUT2D eigenvalue weighted by Crippen LogP contribution is 2.36. The molecule has 0 fully saturated rings. The summed E-state index contributed by atoms with van der Waals surface area (Å²) >= 11 is 0. The van der Waals surface area contributed by atoms with Crippen molar-refractivity contribution < 1.29 is 13.8 Å². The van der Waals surface area contributed by atoms with E-state index in [0.29, 0.717) is 11.7 Å². The normalized spacial score (nSPS) is 10.9. The average molecular weight is 391 g/mol. The maximum absolute atomic E-state index is 5.60. The van der Waals surface area contributed by atoms with E-state index in [1.54, 1.807) is 13.3 Å². The highest BCUT2D eigenvalue weighted by molar-refractivity contribution is 5.77. The molecule has 8 heteroatoms. The van der Waals surface area contributed by atoms with Crippen molar-refractivity contribution in [1.29, 1.82) is 0 Å². The van der Waals surface area contributed by atoms with E-state index in [9.17, 15) is 0 Å². The molecule has 3 aromatic heterocycles. The monoisotopic (exact) mass is 391 g/mol. The summed E-state index contributed by atoms with van der Waals surface area (Å²) in [5.74, 6) is 2.63.